The third-order valence-corrected chi connectivity index (χ3v) is 6.24. The van der Waals surface area contributed by atoms with Gasteiger partial charge in [-0.25, -0.2) is 17.8 Å². The fraction of sp³-hybridized carbons (Fsp3) is 0.0625. The Morgan fingerprint density at radius 3 is 2.50 bits per heavy atom. The van der Waals surface area contributed by atoms with E-state index < -0.39 is 10.0 Å². The lowest BCUT2D eigenvalue weighted by Crippen LogP contribution is -2.23. The molecule has 124 valence electrons. The van der Waals surface area contributed by atoms with Gasteiger partial charge in [0, 0.05) is 27.9 Å². The van der Waals surface area contributed by atoms with Gasteiger partial charge in [-0.3, -0.25) is 0 Å². The topological polar surface area (TPSA) is 64.0 Å². The number of rotatable bonds is 5. The number of hydrogen-bond acceptors (Lipinski definition) is 3. The number of sulfonamides is 1. The first-order valence-corrected chi connectivity index (χ1v) is 10.1. The second kappa shape index (κ2) is 7.18. The van der Waals surface area contributed by atoms with E-state index in [-0.39, 0.29) is 11.4 Å². The van der Waals surface area contributed by atoms with Crippen molar-refractivity contribution in [1.82, 2.24) is 14.5 Å². The molecule has 0 unspecified atom stereocenters. The monoisotopic (exact) mass is 469 g/mol. The Hall–Kier alpha value is -1.48. The standard InChI is InChI=1S/C16H13Br2N3O2S/c17-13-4-7-15(18)16(10-13)24(22,23)20-11-12-2-5-14(6-3-12)21-9-1-8-19-21/h1-10,20H,11H2. The predicted molar refractivity (Wildman–Crippen MR) is 99.4 cm³/mol. The van der Waals surface area contributed by atoms with E-state index >= 15 is 0 Å². The van der Waals surface area contributed by atoms with Gasteiger partial charge in [-0.1, -0.05) is 28.1 Å². The van der Waals surface area contributed by atoms with Crippen molar-refractivity contribution in [3.05, 3.63) is 75.4 Å². The van der Waals surface area contributed by atoms with Gasteiger partial charge in [-0.15, -0.1) is 0 Å². The van der Waals surface area contributed by atoms with E-state index in [0.717, 1.165) is 11.3 Å². The third kappa shape index (κ3) is 3.94. The van der Waals surface area contributed by atoms with Crippen molar-refractivity contribution in [2.24, 2.45) is 0 Å². The van der Waals surface area contributed by atoms with Crippen molar-refractivity contribution in [1.29, 1.82) is 0 Å². The maximum absolute atomic E-state index is 12.5. The first-order chi connectivity index (χ1) is 11.5. The SMILES string of the molecule is O=S(=O)(NCc1ccc(-n2cccn2)cc1)c1cc(Br)ccc1Br. The van der Waals surface area contributed by atoms with Crippen molar-refractivity contribution in [2.45, 2.75) is 11.4 Å². The number of aromatic nitrogens is 2. The molecule has 1 aromatic heterocycles. The van der Waals surface area contributed by atoms with Crippen LogP contribution < -0.4 is 4.72 Å². The summed E-state index contributed by atoms with van der Waals surface area (Å²) in [6.07, 6.45) is 3.56. The van der Waals surface area contributed by atoms with E-state index in [9.17, 15) is 8.42 Å². The third-order valence-electron chi connectivity index (χ3n) is 3.35. The van der Waals surface area contributed by atoms with Crippen LogP contribution in [0.5, 0.6) is 0 Å². The van der Waals surface area contributed by atoms with Crippen LogP contribution in [0.3, 0.4) is 0 Å². The van der Waals surface area contributed by atoms with Crippen LogP contribution in [0.2, 0.25) is 0 Å². The minimum atomic E-state index is -3.61. The summed E-state index contributed by atoms with van der Waals surface area (Å²) in [6.45, 7) is 0.209. The highest BCUT2D eigenvalue weighted by molar-refractivity contribution is 9.11. The van der Waals surface area contributed by atoms with Crippen LogP contribution in [0.4, 0.5) is 0 Å². The summed E-state index contributed by atoms with van der Waals surface area (Å²) >= 11 is 6.56. The first kappa shape index (κ1) is 17.3. The predicted octanol–water partition coefficient (Wildman–Crippen LogP) is 3.88. The molecule has 0 radical (unpaired) electrons. The Balaban J connectivity index is 1.74. The molecule has 8 heteroatoms. The van der Waals surface area contributed by atoms with Crippen LogP contribution >= 0.6 is 31.9 Å². The van der Waals surface area contributed by atoms with Crippen LogP contribution in [0.15, 0.2) is 74.8 Å². The number of nitrogens with one attached hydrogen (secondary N) is 1. The highest BCUT2D eigenvalue weighted by atomic mass is 79.9. The Kier molecular flexibility index (Phi) is 5.19. The summed E-state index contributed by atoms with van der Waals surface area (Å²) < 4.78 is 30.5. The van der Waals surface area contributed by atoms with E-state index in [1.165, 1.54) is 0 Å². The summed E-state index contributed by atoms with van der Waals surface area (Å²) in [5.41, 5.74) is 1.78. The number of benzene rings is 2. The van der Waals surface area contributed by atoms with Crippen molar-refractivity contribution >= 4 is 41.9 Å². The number of nitrogens with zero attached hydrogens (tertiary/aromatic N) is 2. The fourth-order valence-electron chi connectivity index (χ4n) is 2.13. The van der Waals surface area contributed by atoms with Crippen molar-refractivity contribution in [3.8, 4) is 5.69 Å². The van der Waals surface area contributed by atoms with Gasteiger partial charge in [0.2, 0.25) is 10.0 Å². The molecule has 0 fully saturated rings. The Morgan fingerprint density at radius 2 is 1.83 bits per heavy atom. The van der Waals surface area contributed by atoms with Gasteiger partial charge in [0.15, 0.2) is 0 Å². The normalized spacial score (nSPS) is 11.6. The average Bonchev–Trinajstić information content (AvgIpc) is 3.10. The maximum Gasteiger partial charge on any atom is 0.242 e. The zero-order valence-corrected chi connectivity index (χ0v) is 16.3. The molecule has 5 nitrogen and oxygen atoms in total. The van der Waals surface area contributed by atoms with Crippen molar-refractivity contribution in [3.63, 3.8) is 0 Å². The summed E-state index contributed by atoms with van der Waals surface area (Å²) in [5, 5.41) is 4.15. The molecule has 0 aliphatic rings. The van der Waals surface area contributed by atoms with Gasteiger partial charge in [-0.05, 0) is 57.9 Å². The van der Waals surface area contributed by atoms with E-state index in [1.807, 2.05) is 36.5 Å². The molecule has 0 atom stereocenters. The van der Waals surface area contributed by atoms with E-state index in [1.54, 1.807) is 29.1 Å². The smallest absolute Gasteiger partial charge is 0.241 e. The fourth-order valence-corrected chi connectivity index (χ4v) is 4.64. The summed E-state index contributed by atoms with van der Waals surface area (Å²) in [5.74, 6) is 0. The van der Waals surface area contributed by atoms with Crippen LogP contribution in [0, 0.1) is 0 Å². The van der Waals surface area contributed by atoms with Crippen LogP contribution in [-0.4, -0.2) is 18.2 Å². The van der Waals surface area contributed by atoms with Crippen molar-refractivity contribution in [2.75, 3.05) is 0 Å². The van der Waals surface area contributed by atoms with Crippen LogP contribution in [0.25, 0.3) is 5.69 Å². The molecule has 0 bridgehead atoms. The molecule has 0 saturated heterocycles. The Bertz CT molecular complexity index is 940. The molecule has 24 heavy (non-hydrogen) atoms. The van der Waals surface area contributed by atoms with Crippen molar-refractivity contribution < 1.29 is 8.42 Å². The maximum atomic E-state index is 12.5. The number of halogens is 2. The molecule has 0 amide bonds. The molecule has 2 aromatic carbocycles. The summed E-state index contributed by atoms with van der Waals surface area (Å²) in [6, 6.07) is 14.4. The summed E-state index contributed by atoms with van der Waals surface area (Å²) in [4.78, 5) is 0.199. The molecule has 3 rings (SSSR count). The lowest BCUT2D eigenvalue weighted by molar-refractivity contribution is 0.580. The molecule has 1 heterocycles. The molecule has 1 N–H and O–H groups in total. The molecule has 3 aromatic rings. The lowest BCUT2D eigenvalue weighted by atomic mass is 10.2. The largest absolute Gasteiger partial charge is 0.242 e. The van der Waals surface area contributed by atoms with Gasteiger partial charge in [-0.2, -0.15) is 5.10 Å². The zero-order valence-electron chi connectivity index (χ0n) is 12.4. The molecular weight excluding hydrogens is 458 g/mol. The molecule has 0 spiro atoms. The van der Waals surface area contributed by atoms with Gasteiger partial charge < -0.3 is 0 Å². The minimum absolute atomic E-state index is 0.199. The van der Waals surface area contributed by atoms with E-state index in [2.05, 4.69) is 41.7 Å². The van der Waals surface area contributed by atoms with E-state index in [0.29, 0.717) is 8.95 Å². The zero-order chi connectivity index (χ0) is 17.2. The van der Waals surface area contributed by atoms with E-state index in [4.69, 9.17) is 0 Å². The van der Waals surface area contributed by atoms with Crippen LogP contribution in [-0.2, 0) is 16.6 Å². The first-order valence-electron chi connectivity index (χ1n) is 6.99. The quantitative estimate of drug-likeness (QED) is 0.615. The molecule has 0 aliphatic carbocycles. The van der Waals surface area contributed by atoms with Gasteiger partial charge >= 0.3 is 0 Å². The highest BCUT2D eigenvalue weighted by Gasteiger charge is 2.17. The minimum Gasteiger partial charge on any atom is -0.241 e. The molecular formula is C16H13Br2N3O2S. The molecule has 0 saturated carbocycles. The highest BCUT2D eigenvalue weighted by Crippen LogP contribution is 2.25. The second-order valence-corrected chi connectivity index (χ2v) is 8.52. The second-order valence-electron chi connectivity index (χ2n) is 5.02. The van der Waals surface area contributed by atoms with Gasteiger partial charge in [0.05, 0.1) is 10.6 Å². The van der Waals surface area contributed by atoms with Gasteiger partial charge in [0.1, 0.15) is 0 Å². The Labute approximate surface area is 157 Å². The number of hydrogen-bond donors (Lipinski definition) is 1. The summed E-state index contributed by atoms with van der Waals surface area (Å²) in [7, 11) is -3.61. The lowest BCUT2D eigenvalue weighted by Gasteiger charge is -2.10. The average molecular weight is 471 g/mol. The Morgan fingerprint density at radius 1 is 1.08 bits per heavy atom. The van der Waals surface area contributed by atoms with Gasteiger partial charge in [0.25, 0.3) is 0 Å². The molecule has 0 aliphatic heterocycles. The van der Waals surface area contributed by atoms with Crippen LogP contribution in [0.1, 0.15) is 5.56 Å².